The SMILES string of the molecule is COc1ccc(CSc2nc3ncc(Br)cc3[nH]2)cc1F. The molecule has 3 rings (SSSR count). The van der Waals surface area contributed by atoms with Crippen LogP contribution in [0, 0.1) is 5.82 Å². The molecule has 0 aliphatic rings. The van der Waals surface area contributed by atoms with Gasteiger partial charge in [-0.1, -0.05) is 17.8 Å². The number of H-pyrrole nitrogens is 1. The number of imidazole rings is 1. The molecule has 0 radical (unpaired) electrons. The van der Waals surface area contributed by atoms with Crippen LogP contribution in [-0.4, -0.2) is 22.1 Å². The fraction of sp³-hybridized carbons (Fsp3) is 0.143. The zero-order chi connectivity index (χ0) is 14.8. The summed E-state index contributed by atoms with van der Waals surface area (Å²) in [7, 11) is 1.45. The lowest BCUT2D eigenvalue weighted by Crippen LogP contribution is -1.90. The van der Waals surface area contributed by atoms with Gasteiger partial charge in [0.05, 0.1) is 12.6 Å². The molecule has 0 bridgehead atoms. The van der Waals surface area contributed by atoms with Crippen molar-refractivity contribution in [1.29, 1.82) is 0 Å². The van der Waals surface area contributed by atoms with Crippen LogP contribution in [0.1, 0.15) is 5.56 Å². The molecule has 1 N–H and O–H groups in total. The van der Waals surface area contributed by atoms with E-state index in [4.69, 9.17) is 4.74 Å². The standard InChI is InChI=1S/C14H11BrFN3OS/c1-20-12-3-2-8(4-10(12)16)7-21-14-18-11-5-9(15)6-17-13(11)19-14/h2-6H,7H2,1H3,(H,17,18,19). The average Bonchev–Trinajstić information content (AvgIpc) is 2.87. The molecule has 0 saturated carbocycles. The molecule has 0 spiro atoms. The number of thioether (sulfide) groups is 1. The van der Waals surface area contributed by atoms with Gasteiger partial charge in [0.15, 0.2) is 22.4 Å². The summed E-state index contributed by atoms with van der Waals surface area (Å²) < 4.78 is 19.4. The minimum atomic E-state index is -0.356. The van der Waals surface area contributed by atoms with E-state index in [-0.39, 0.29) is 11.6 Å². The van der Waals surface area contributed by atoms with Gasteiger partial charge in [0, 0.05) is 16.4 Å². The fourth-order valence-electron chi connectivity index (χ4n) is 1.87. The zero-order valence-corrected chi connectivity index (χ0v) is 13.5. The van der Waals surface area contributed by atoms with E-state index in [1.807, 2.05) is 12.1 Å². The third kappa shape index (κ3) is 3.19. The molecule has 0 unspecified atom stereocenters. The highest BCUT2D eigenvalue weighted by atomic mass is 79.9. The van der Waals surface area contributed by atoms with Gasteiger partial charge in [-0.3, -0.25) is 0 Å². The smallest absolute Gasteiger partial charge is 0.178 e. The third-order valence-electron chi connectivity index (χ3n) is 2.87. The Morgan fingerprint density at radius 3 is 3.00 bits per heavy atom. The number of nitrogens with zero attached hydrogens (tertiary/aromatic N) is 2. The summed E-state index contributed by atoms with van der Waals surface area (Å²) in [6.45, 7) is 0. The molecule has 4 nitrogen and oxygen atoms in total. The first-order valence-electron chi connectivity index (χ1n) is 6.12. The van der Waals surface area contributed by atoms with Gasteiger partial charge in [0.2, 0.25) is 0 Å². The van der Waals surface area contributed by atoms with Crippen molar-refractivity contribution in [2.24, 2.45) is 0 Å². The van der Waals surface area contributed by atoms with Crippen LogP contribution in [-0.2, 0) is 5.75 Å². The molecule has 7 heteroatoms. The van der Waals surface area contributed by atoms with Gasteiger partial charge in [-0.2, -0.15) is 0 Å². The topological polar surface area (TPSA) is 50.8 Å². The molecule has 3 aromatic rings. The van der Waals surface area contributed by atoms with E-state index in [1.54, 1.807) is 12.3 Å². The molecular formula is C14H11BrFN3OS. The zero-order valence-electron chi connectivity index (χ0n) is 11.1. The second-order valence-electron chi connectivity index (χ2n) is 4.32. The van der Waals surface area contributed by atoms with Crippen LogP contribution in [0.4, 0.5) is 4.39 Å². The van der Waals surface area contributed by atoms with Crippen molar-refractivity contribution in [2.45, 2.75) is 10.9 Å². The second-order valence-corrected chi connectivity index (χ2v) is 6.20. The number of aromatic amines is 1. The number of aromatic nitrogens is 3. The molecular weight excluding hydrogens is 357 g/mol. The first-order valence-corrected chi connectivity index (χ1v) is 7.90. The maximum Gasteiger partial charge on any atom is 0.178 e. The van der Waals surface area contributed by atoms with Crippen molar-refractivity contribution >= 4 is 38.9 Å². The van der Waals surface area contributed by atoms with Gasteiger partial charge in [-0.05, 0) is 39.7 Å². The van der Waals surface area contributed by atoms with E-state index >= 15 is 0 Å². The lowest BCUT2D eigenvalue weighted by atomic mass is 10.2. The predicted octanol–water partition coefficient (Wildman–Crippen LogP) is 4.16. The maximum absolute atomic E-state index is 13.6. The Kier molecular flexibility index (Phi) is 4.12. The molecule has 1 aromatic carbocycles. The first-order chi connectivity index (χ1) is 10.2. The molecule has 0 atom stereocenters. The normalized spacial score (nSPS) is 11.0. The average molecular weight is 368 g/mol. The van der Waals surface area contributed by atoms with Crippen molar-refractivity contribution < 1.29 is 9.13 Å². The molecule has 0 fully saturated rings. The first kappa shape index (κ1) is 14.3. The largest absolute Gasteiger partial charge is 0.494 e. The summed E-state index contributed by atoms with van der Waals surface area (Å²) in [4.78, 5) is 11.8. The van der Waals surface area contributed by atoms with E-state index in [2.05, 4.69) is 30.9 Å². The van der Waals surface area contributed by atoms with Gasteiger partial charge >= 0.3 is 0 Å². The number of hydrogen-bond acceptors (Lipinski definition) is 4. The van der Waals surface area contributed by atoms with Crippen molar-refractivity contribution in [2.75, 3.05) is 7.11 Å². The minimum absolute atomic E-state index is 0.251. The van der Waals surface area contributed by atoms with Crippen LogP contribution in [0.15, 0.2) is 40.1 Å². The molecule has 0 aliphatic carbocycles. The maximum atomic E-state index is 13.6. The van der Waals surface area contributed by atoms with Crippen molar-refractivity contribution in [3.05, 3.63) is 46.3 Å². The van der Waals surface area contributed by atoms with Crippen LogP contribution < -0.4 is 4.74 Å². The molecule has 108 valence electrons. The Labute approximate surface area is 133 Å². The Morgan fingerprint density at radius 1 is 1.38 bits per heavy atom. The Hall–Kier alpha value is -1.60. The van der Waals surface area contributed by atoms with Gasteiger partial charge < -0.3 is 9.72 Å². The molecule has 0 saturated heterocycles. The van der Waals surface area contributed by atoms with Gasteiger partial charge in [-0.25, -0.2) is 14.4 Å². The van der Waals surface area contributed by atoms with Crippen LogP contribution in [0.3, 0.4) is 0 Å². The summed E-state index contributed by atoms with van der Waals surface area (Å²) in [5.74, 6) is 0.509. The molecule has 21 heavy (non-hydrogen) atoms. The third-order valence-corrected chi connectivity index (χ3v) is 4.25. The summed E-state index contributed by atoms with van der Waals surface area (Å²) in [5, 5.41) is 0.756. The number of fused-ring (bicyclic) bond motifs is 1. The number of ether oxygens (including phenoxy) is 1. The van der Waals surface area contributed by atoms with Crippen LogP contribution in [0.5, 0.6) is 5.75 Å². The number of hydrogen-bond donors (Lipinski definition) is 1. The van der Waals surface area contributed by atoms with Crippen molar-refractivity contribution in [3.8, 4) is 5.75 Å². The van der Waals surface area contributed by atoms with Gasteiger partial charge in [0.25, 0.3) is 0 Å². The highest BCUT2D eigenvalue weighted by Crippen LogP contribution is 2.25. The summed E-state index contributed by atoms with van der Waals surface area (Å²) >= 11 is 4.87. The number of rotatable bonds is 4. The van der Waals surface area contributed by atoms with Gasteiger partial charge in [0.1, 0.15) is 0 Å². The van der Waals surface area contributed by atoms with Crippen LogP contribution >= 0.6 is 27.7 Å². The van der Waals surface area contributed by atoms with E-state index in [1.165, 1.54) is 24.9 Å². The van der Waals surface area contributed by atoms with Crippen molar-refractivity contribution in [3.63, 3.8) is 0 Å². The number of benzene rings is 1. The summed E-state index contributed by atoms with van der Waals surface area (Å²) in [6.07, 6.45) is 1.70. The lowest BCUT2D eigenvalue weighted by Gasteiger charge is -2.04. The van der Waals surface area contributed by atoms with E-state index in [0.717, 1.165) is 20.7 Å². The highest BCUT2D eigenvalue weighted by molar-refractivity contribution is 9.10. The van der Waals surface area contributed by atoms with Crippen LogP contribution in [0.2, 0.25) is 0 Å². The predicted molar refractivity (Wildman–Crippen MR) is 84.1 cm³/mol. The Bertz CT molecular complexity index is 793. The number of methoxy groups -OCH3 is 1. The Morgan fingerprint density at radius 2 is 2.24 bits per heavy atom. The second kappa shape index (κ2) is 6.03. The molecule has 0 amide bonds. The van der Waals surface area contributed by atoms with Crippen molar-refractivity contribution in [1.82, 2.24) is 15.0 Å². The van der Waals surface area contributed by atoms with E-state index < -0.39 is 0 Å². The van der Waals surface area contributed by atoms with Gasteiger partial charge in [-0.15, -0.1) is 0 Å². The van der Waals surface area contributed by atoms with Crippen LogP contribution in [0.25, 0.3) is 11.2 Å². The summed E-state index contributed by atoms with van der Waals surface area (Å²) in [6, 6.07) is 6.87. The fourth-order valence-corrected chi connectivity index (χ4v) is 3.02. The number of pyridine rings is 1. The quantitative estimate of drug-likeness (QED) is 0.703. The lowest BCUT2D eigenvalue weighted by molar-refractivity contribution is 0.386. The van der Waals surface area contributed by atoms with E-state index in [9.17, 15) is 4.39 Å². The highest BCUT2D eigenvalue weighted by Gasteiger charge is 2.07. The molecule has 2 aromatic heterocycles. The number of halogens is 2. The molecule has 2 heterocycles. The monoisotopic (exact) mass is 367 g/mol. The minimum Gasteiger partial charge on any atom is -0.494 e. The Balaban J connectivity index is 1.75. The summed E-state index contributed by atoms with van der Waals surface area (Å²) in [5.41, 5.74) is 2.40. The molecule has 0 aliphatic heterocycles. The number of nitrogens with one attached hydrogen (secondary N) is 1. The van der Waals surface area contributed by atoms with E-state index in [0.29, 0.717) is 11.4 Å².